The summed E-state index contributed by atoms with van der Waals surface area (Å²) >= 11 is 6.32. The molecule has 0 saturated heterocycles. The molecule has 2 N–H and O–H groups in total. The minimum atomic E-state index is -1.01. The smallest absolute Gasteiger partial charge is 0.266 e. The molecule has 1 aromatic carbocycles. The molecule has 11 heteroatoms. The number of fused-ring (bicyclic) bond motifs is 1. The average molecular weight is 480 g/mol. The van der Waals surface area contributed by atoms with E-state index >= 15 is 0 Å². The lowest BCUT2D eigenvalue weighted by Gasteiger charge is -2.18. The van der Waals surface area contributed by atoms with Gasteiger partial charge in [0.15, 0.2) is 11.8 Å². The number of rotatable bonds is 8. The predicted molar refractivity (Wildman–Crippen MR) is 127 cm³/mol. The molecule has 0 aliphatic heterocycles. The number of benzene rings is 1. The number of nitrogens with one attached hydrogen (secondary N) is 2. The van der Waals surface area contributed by atoms with Crippen LogP contribution >= 0.6 is 11.6 Å². The van der Waals surface area contributed by atoms with E-state index in [0.29, 0.717) is 27.6 Å². The summed E-state index contributed by atoms with van der Waals surface area (Å²) in [5.41, 5.74) is 2.07. The summed E-state index contributed by atoms with van der Waals surface area (Å²) in [6.45, 7) is 1.90. The van der Waals surface area contributed by atoms with E-state index in [-0.39, 0.29) is 24.6 Å². The Balaban J connectivity index is 1.63. The van der Waals surface area contributed by atoms with Gasteiger partial charge in [0.2, 0.25) is 11.8 Å². The highest BCUT2D eigenvalue weighted by molar-refractivity contribution is 6.32. The van der Waals surface area contributed by atoms with Crippen LogP contribution in [0.25, 0.3) is 16.7 Å². The predicted octanol–water partition coefficient (Wildman–Crippen LogP) is 3.08. The summed E-state index contributed by atoms with van der Waals surface area (Å²) in [7, 11) is 1.53. The van der Waals surface area contributed by atoms with Gasteiger partial charge in [0.05, 0.1) is 16.9 Å². The van der Waals surface area contributed by atoms with Gasteiger partial charge in [-0.1, -0.05) is 29.8 Å². The van der Waals surface area contributed by atoms with Crippen molar-refractivity contribution < 1.29 is 14.3 Å². The van der Waals surface area contributed by atoms with E-state index in [1.165, 1.54) is 13.4 Å². The zero-order valence-electron chi connectivity index (χ0n) is 18.5. The van der Waals surface area contributed by atoms with Crippen molar-refractivity contribution in [3.63, 3.8) is 0 Å². The van der Waals surface area contributed by atoms with Gasteiger partial charge < -0.3 is 15.4 Å². The third-order valence-corrected chi connectivity index (χ3v) is 5.35. The Bertz CT molecular complexity index is 1320. The number of amides is 2. The zero-order valence-corrected chi connectivity index (χ0v) is 19.3. The summed E-state index contributed by atoms with van der Waals surface area (Å²) in [6, 6.07) is 10.7. The number of carbonyl (C=O) groups is 2. The summed E-state index contributed by atoms with van der Waals surface area (Å²) in [4.78, 5) is 37.6. The van der Waals surface area contributed by atoms with Crippen LogP contribution in [0.2, 0.25) is 5.02 Å². The molecule has 0 saturated carbocycles. The van der Waals surface area contributed by atoms with Crippen LogP contribution in [0.5, 0.6) is 5.88 Å². The number of hydrogen-bond donors (Lipinski definition) is 2. The fourth-order valence-electron chi connectivity index (χ4n) is 3.23. The second-order valence-corrected chi connectivity index (χ2v) is 7.86. The second-order valence-electron chi connectivity index (χ2n) is 7.45. The third-order valence-electron chi connectivity index (χ3n) is 5.03. The number of aromatic nitrogens is 5. The van der Waals surface area contributed by atoms with Crippen LogP contribution < -0.4 is 15.4 Å². The number of carbonyl (C=O) groups excluding carboxylic acids is 2. The van der Waals surface area contributed by atoms with Crippen molar-refractivity contribution in [2.75, 3.05) is 12.4 Å². The van der Waals surface area contributed by atoms with Crippen molar-refractivity contribution in [1.29, 1.82) is 0 Å². The summed E-state index contributed by atoms with van der Waals surface area (Å²) in [6.07, 6.45) is 3.71. The highest BCUT2D eigenvalue weighted by atomic mass is 35.5. The lowest BCUT2D eigenvalue weighted by Crippen LogP contribution is -2.35. The van der Waals surface area contributed by atoms with Crippen molar-refractivity contribution in [3.8, 4) is 11.6 Å². The van der Waals surface area contributed by atoms with Crippen LogP contribution in [0.15, 0.2) is 55.1 Å². The Kier molecular flexibility index (Phi) is 6.98. The van der Waals surface area contributed by atoms with Gasteiger partial charge in [-0.15, -0.1) is 0 Å². The van der Waals surface area contributed by atoms with Gasteiger partial charge in [0, 0.05) is 26.1 Å². The highest BCUT2D eigenvalue weighted by Gasteiger charge is 2.25. The second kappa shape index (κ2) is 10.3. The van der Waals surface area contributed by atoms with Crippen molar-refractivity contribution in [2.24, 2.45) is 0 Å². The molecule has 4 aromatic rings. The normalized spacial score (nSPS) is 11.7. The van der Waals surface area contributed by atoms with Crippen molar-refractivity contribution in [1.82, 2.24) is 30.0 Å². The maximum Gasteiger partial charge on any atom is 0.266 e. The third kappa shape index (κ3) is 5.12. The van der Waals surface area contributed by atoms with E-state index in [0.717, 1.165) is 5.56 Å². The van der Waals surface area contributed by atoms with Gasteiger partial charge in [-0.2, -0.15) is 5.10 Å². The molecule has 0 spiro atoms. The van der Waals surface area contributed by atoms with Crippen molar-refractivity contribution in [3.05, 3.63) is 65.7 Å². The molecule has 2 amide bonds. The van der Waals surface area contributed by atoms with Gasteiger partial charge in [0.25, 0.3) is 5.91 Å². The first-order valence-corrected chi connectivity index (χ1v) is 10.9. The maximum atomic E-state index is 13.0. The molecule has 10 nitrogen and oxygen atoms in total. The topological polar surface area (TPSA) is 124 Å². The Morgan fingerprint density at radius 1 is 1.12 bits per heavy atom. The minimum absolute atomic E-state index is 0.0863. The van der Waals surface area contributed by atoms with Gasteiger partial charge in [-0.3, -0.25) is 9.59 Å². The fraction of sp³-hybridized carbons (Fsp3) is 0.217. The SMILES string of the molecule is CNC(=O)CCC(Oc1ncnc2c1cnn2-c1ccccc1Cl)C(=O)Nc1ccc(C)cn1. The Hall–Kier alpha value is -4.05. The molecule has 1 unspecified atom stereocenters. The summed E-state index contributed by atoms with van der Waals surface area (Å²) in [5.74, 6) is -0.125. The fourth-order valence-corrected chi connectivity index (χ4v) is 3.45. The molecule has 4 rings (SSSR count). The largest absolute Gasteiger partial charge is 0.464 e. The van der Waals surface area contributed by atoms with E-state index in [1.54, 1.807) is 29.2 Å². The van der Waals surface area contributed by atoms with Gasteiger partial charge >= 0.3 is 0 Å². The lowest BCUT2D eigenvalue weighted by atomic mass is 10.1. The molecule has 3 heterocycles. The van der Waals surface area contributed by atoms with Gasteiger partial charge in [0.1, 0.15) is 17.5 Å². The van der Waals surface area contributed by atoms with E-state index in [2.05, 4.69) is 30.7 Å². The first-order chi connectivity index (χ1) is 16.5. The number of pyridine rings is 1. The molecular weight excluding hydrogens is 458 g/mol. The molecule has 174 valence electrons. The molecule has 1 atom stereocenters. The molecule has 34 heavy (non-hydrogen) atoms. The van der Waals surface area contributed by atoms with E-state index in [9.17, 15) is 9.59 Å². The molecule has 0 aliphatic carbocycles. The molecule has 0 fully saturated rings. The van der Waals surface area contributed by atoms with Crippen molar-refractivity contribution in [2.45, 2.75) is 25.9 Å². The molecule has 0 aliphatic rings. The van der Waals surface area contributed by atoms with E-state index in [1.807, 2.05) is 31.2 Å². The number of nitrogens with zero attached hydrogens (tertiary/aromatic N) is 5. The first-order valence-electron chi connectivity index (χ1n) is 10.5. The number of ether oxygens (including phenoxy) is 1. The van der Waals surface area contributed by atoms with Gasteiger partial charge in [-0.25, -0.2) is 19.6 Å². The standard InChI is InChI=1S/C23H22ClN7O3/c1-14-7-9-19(26-11-14)30-22(33)18(8-10-20(32)25-2)34-23-15-12-29-31(21(15)27-13-28-23)17-6-4-3-5-16(17)24/h3-7,9,11-13,18H,8,10H2,1-2H3,(H,25,32)(H,26,30,33). The quantitative estimate of drug-likeness (QED) is 0.398. The average Bonchev–Trinajstić information content (AvgIpc) is 3.28. The molecule has 0 radical (unpaired) electrons. The van der Waals surface area contributed by atoms with Crippen LogP contribution in [-0.2, 0) is 9.59 Å². The highest BCUT2D eigenvalue weighted by Crippen LogP contribution is 2.27. The molecule has 3 aromatic heterocycles. The number of hydrogen-bond acceptors (Lipinski definition) is 7. The summed E-state index contributed by atoms with van der Waals surface area (Å²) in [5, 5.41) is 10.6. The van der Waals surface area contributed by atoms with Crippen molar-refractivity contribution >= 4 is 40.3 Å². The van der Waals surface area contributed by atoms with E-state index < -0.39 is 12.0 Å². The Morgan fingerprint density at radius 2 is 1.94 bits per heavy atom. The monoisotopic (exact) mass is 479 g/mol. The van der Waals surface area contributed by atoms with Crippen LogP contribution in [-0.4, -0.2) is 49.7 Å². The number of halogens is 1. The Labute approximate surface area is 200 Å². The number of aryl methyl sites for hydroxylation is 1. The maximum absolute atomic E-state index is 13.0. The van der Waals surface area contributed by atoms with Crippen LogP contribution in [0.1, 0.15) is 18.4 Å². The van der Waals surface area contributed by atoms with Gasteiger partial charge in [-0.05, 0) is 30.7 Å². The summed E-state index contributed by atoms with van der Waals surface area (Å²) < 4.78 is 7.57. The number of para-hydroxylation sites is 1. The Morgan fingerprint density at radius 3 is 2.68 bits per heavy atom. The lowest BCUT2D eigenvalue weighted by molar-refractivity contribution is -0.124. The molecule has 0 bridgehead atoms. The van der Waals surface area contributed by atoms with Crippen LogP contribution in [0.4, 0.5) is 5.82 Å². The molecular formula is C23H22ClN7O3. The minimum Gasteiger partial charge on any atom is -0.464 e. The van der Waals surface area contributed by atoms with E-state index in [4.69, 9.17) is 16.3 Å². The zero-order chi connectivity index (χ0) is 24.1. The van der Waals surface area contributed by atoms with Crippen LogP contribution in [0, 0.1) is 6.92 Å². The first kappa shape index (κ1) is 23.1. The number of anilines is 1. The van der Waals surface area contributed by atoms with Crippen LogP contribution in [0.3, 0.4) is 0 Å².